The molecule has 0 aliphatic carbocycles. The zero-order chi connectivity index (χ0) is 32.0. The minimum absolute atomic E-state index is 0.262. The van der Waals surface area contributed by atoms with Crippen molar-refractivity contribution >= 4 is 16.0 Å². The van der Waals surface area contributed by atoms with Crippen molar-refractivity contribution in [2.75, 3.05) is 5.75 Å². The van der Waals surface area contributed by atoms with Gasteiger partial charge in [0, 0.05) is 0 Å². The van der Waals surface area contributed by atoms with Crippen LogP contribution in [0.25, 0.3) is 0 Å². The Bertz CT molecular complexity index is 881. The van der Waals surface area contributed by atoms with Gasteiger partial charge in [0.2, 0.25) is 5.91 Å². The molecular weight excluding hydrogens is 562 g/mol. The van der Waals surface area contributed by atoms with Gasteiger partial charge in [-0.2, -0.15) is 8.42 Å². The highest BCUT2D eigenvalue weighted by Crippen LogP contribution is 2.12. The van der Waals surface area contributed by atoms with E-state index in [1.165, 1.54) is 63.9 Å². The van der Waals surface area contributed by atoms with Crippen molar-refractivity contribution < 1.29 is 28.0 Å². The first kappa shape index (κ1) is 41.3. The number of carbonyl (C=O) groups excluding carboxylic acids is 1. The van der Waals surface area contributed by atoms with Crippen LogP contribution in [0.15, 0.2) is 48.6 Å². The Morgan fingerprint density at radius 3 is 1.65 bits per heavy atom. The number of allylic oxidation sites excluding steroid dienone is 7. The molecule has 0 aromatic heterocycles. The first-order valence-electron chi connectivity index (χ1n) is 16.9. The Kier molecular flexibility index (Phi) is 27.8. The average molecular weight is 626 g/mol. The number of unbranched alkanes of at least 4 members (excludes halogenated alkanes) is 14. The molecule has 7 nitrogen and oxygen atoms in total. The van der Waals surface area contributed by atoms with Crippen LogP contribution in [0.1, 0.15) is 142 Å². The SMILES string of the molecule is CC/C=C/CC/C=C/CC/C=C/C(O)C(CS(=O)(=O)O)NC(=O)C(O)CCCCCCCC/C=C\CCCCCCCC. The van der Waals surface area contributed by atoms with E-state index in [1.54, 1.807) is 6.08 Å². The molecule has 0 saturated carbocycles. The summed E-state index contributed by atoms with van der Waals surface area (Å²) < 4.78 is 32.2. The van der Waals surface area contributed by atoms with Gasteiger partial charge in [0.25, 0.3) is 10.1 Å². The lowest BCUT2D eigenvalue weighted by Gasteiger charge is -2.22. The monoisotopic (exact) mass is 625 g/mol. The third-order valence-corrected chi connectivity index (χ3v) is 8.10. The second-order valence-corrected chi connectivity index (χ2v) is 13.0. The molecule has 0 bridgehead atoms. The van der Waals surface area contributed by atoms with E-state index in [9.17, 15) is 28.0 Å². The number of rotatable bonds is 29. The lowest BCUT2D eigenvalue weighted by atomic mass is 10.0. The zero-order valence-corrected chi connectivity index (χ0v) is 28.0. The largest absolute Gasteiger partial charge is 0.387 e. The summed E-state index contributed by atoms with van der Waals surface area (Å²) >= 11 is 0. The third kappa shape index (κ3) is 28.8. The smallest absolute Gasteiger partial charge is 0.267 e. The van der Waals surface area contributed by atoms with Crippen molar-refractivity contribution in [2.24, 2.45) is 0 Å². The fourth-order valence-corrected chi connectivity index (χ4v) is 5.46. The first-order valence-corrected chi connectivity index (χ1v) is 18.6. The van der Waals surface area contributed by atoms with Crippen LogP contribution in [0, 0.1) is 0 Å². The van der Waals surface area contributed by atoms with Crippen molar-refractivity contribution in [1.29, 1.82) is 0 Å². The zero-order valence-electron chi connectivity index (χ0n) is 27.2. The average Bonchev–Trinajstić information content (AvgIpc) is 2.96. The molecule has 0 aliphatic heterocycles. The molecule has 3 atom stereocenters. The van der Waals surface area contributed by atoms with E-state index >= 15 is 0 Å². The molecule has 1 amide bonds. The third-order valence-electron chi connectivity index (χ3n) is 7.32. The molecule has 0 fully saturated rings. The maximum absolute atomic E-state index is 12.5. The fourth-order valence-electron chi connectivity index (χ4n) is 4.72. The summed E-state index contributed by atoms with van der Waals surface area (Å²) in [5.74, 6) is -1.58. The van der Waals surface area contributed by atoms with E-state index in [0.29, 0.717) is 12.8 Å². The second-order valence-electron chi connectivity index (χ2n) is 11.5. The molecule has 8 heteroatoms. The molecule has 43 heavy (non-hydrogen) atoms. The van der Waals surface area contributed by atoms with E-state index < -0.39 is 40.0 Å². The number of aliphatic hydroxyl groups excluding tert-OH is 2. The molecule has 0 spiro atoms. The van der Waals surface area contributed by atoms with Gasteiger partial charge in [0.15, 0.2) is 0 Å². The van der Waals surface area contributed by atoms with Crippen LogP contribution in [0.3, 0.4) is 0 Å². The highest BCUT2D eigenvalue weighted by molar-refractivity contribution is 7.85. The number of nitrogens with one attached hydrogen (secondary N) is 1. The molecule has 0 rings (SSSR count). The highest BCUT2D eigenvalue weighted by Gasteiger charge is 2.27. The molecule has 0 aromatic carbocycles. The van der Waals surface area contributed by atoms with Gasteiger partial charge in [0.05, 0.1) is 17.9 Å². The summed E-state index contributed by atoms with van der Waals surface area (Å²) in [5.41, 5.74) is 0. The number of hydrogen-bond donors (Lipinski definition) is 4. The number of amides is 1. The quantitative estimate of drug-likeness (QED) is 0.0378. The van der Waals surface area contributed by atoms with Gasteiger partial charge in [-0.3, -0.25) is 9.35 Å². The number of carbonyl (C=O) groups is 1. The van der Waals surface area contributed by atoms with Crippen LogP contribution >= 0.6 is 0 Å². The Hall–Kier alpha value is -1.74. The summed E-state index contributed by atoms with van der Waals surface area (Å²) in [6.07, 6.45) is 34.7. The fraction of sp³-hybridized carbons (Fsp3) is 0.743. The normalized spacial score (nSPS) is 14.8. The van der Waals surface area contributed by atoms with Gasteiger partial charge in [-0.25, -0.2) is 0 Å². The van der Waals surface area contributed by atoms with E-state index in [2.05, 4.69) is 55.6 Å². The summed E-state index contributed by atoms with van der Waals surface area (Å²) in [4.78, 5) is 12.5. The minimum Gasteiger partial charge on any atom is -0.387 e. The molecule has 0 radical (unpaired) electrons. The van der Waals surface area contributed by atoms with Gasteiger partial charge in [0.1, 0.15) is 6.10 Å². The summed E-state index contributed by atoms with van der Waals surface area (Å²) in [6.45, 7) is 4.34. The van der Waals surface area contributed by atoms with Crippen molar-refractivity contribution in [2.45, 2.75) is 161 Å². The molecule has 0 aromatic rings. The Balaban J connectivity index is 4.19. The van der Waals surface area contributed by atoms with E-state index in [-0.39, 0.29) is 6.42 Å². The van der Waals surface area contributed by atoms with Gasteiger partial charge >= 0.3 is 0 Å². The van der Waals surface area contributed by atoms with Crippen LogP contribution in [-0.2, 0) is 14.9 Å². The maximum atomic E-state index is 12.5. The number of aliphatic hydroxyl groups is 2. The highest BCUT2D eigenvalue weighted by atomic mass is 32.2. The second kappa shape index (κ2) is 29.0. The first-order chi connectivity index (χ1) is 20.7. The number of hydrogen-bond acceptors (Lipinski definition) is 5. The van der Waals surface area contributed by atoms with E-state index in [4.69, 9.17) is 0 Å². The Morgan fingerprint density at radius 2 is 1.12 bits per heavy atom. The van der Waals surface area contributed by atoms with Crippen molar-refractivity contribution in [3.8, 4) is 0 Å². The van der Waals surface area contributed by atoms with Crippen LogP contribution in [0.2, 0.25) is 0 Å². The standard InChI is InChI=1S/C35H63NO6S/c1-3-5-7-9-11-13-15-16-17-18-19-20-22-24-26-28-30-34(38)35(39)36-32(31-43(40,41)42)33(37)29-27-25-23-21-14-12-10-8-6-4-2/h6,8,14,16-17,21,27,29,32-34,37-38H,3-5,7,9-13,15,18-20,22-26,28,30-31H2,1-2H3,(H,36,39)(H,40,41,42)/b8-6+,17-16-,21-14+,29-27+. The van der Waals surface area contributed by atoms with Crippen molar-refractivity contribution in [1.82, 2.24) is 5.32 Å². The van der Waals surface area contributed by atoms with Gasteiger partial charge in [-0.15, -0.1) is 0 Å². The van der Waals surface area contributed by atoms with Crippen molar-refractivity contribution in [3.63, 3.8) is 0 Å². The van der Waals surface area contributed by atoms with Crippen LogP contribution < -0.4 is 5.32 Å². The molecule has 0 saturated heterocycles. The van der Waals surface area contributed by atoms with Crippen molar-refractivity contribution in [3.05, 3.63) is 48.6 Å². The Morgan fingerprint density at radius 1 is 0.651 bits per heavy atom. The Labute approximate surface area is 263 Å². The summed E-state index contributed by atoms with van der Waals surface area (Å²) in [5, 5.41) is 23.2. The van der Waals surface area contributed by atoms with Gasteiger partial charge in [-0.1, -0.05) is 127 Å². The van der Waals surface area contributed by atoms with E-state index in [0.717, 1.165) is 51.4 Å². The molecule has 0 aliphatic rings. The lowest BCUT2D eigenvalue weighted by molar-refractivity contribution is -0.130. The predicted octanol–water partition coefficient (Wildman–Crippen LogP) is 8.15. The molecule has 4 N–H and O–H groups in total. The molecular formula is C35H63NO6S. The lowest BCUT2D eigenvalue weighted by Crippen LogP contribution is -2.50. The molecule has 0 heterocycles. The van der Waals surface area contributed by atoms with Crippen LogP contribution in [0.5, 0.6) is 0 Å². The minimum atomic E-state index is -4.45. The topological polar surface area (TPSA) is 124 Å². The van der Waals surface area contributed by atoms with Gasteiger partial charge in [-0.05, 0) is 64.2 Å². The summed E-state index contributed by atoms with van der Waals surface area (Å²) in [6, 6.07) is -1.26. The predicted molar refractivity (Wildman–Crippen MR) is 181 cm³/mol. The summed E-state index contributed by atoms with van der Waals surface area (Å²) in [7, 11) is -4.45. The van der Waals surface area contributed by atoms with Gasteiger partial charge < -0.3 is 15.5 Å². The van der Waals surface area contributed by atoms with Crippen LogP contribution in [0.4, 0.5) is 0 Å². The molecule has 250 valence electrons. The molecule has 3 unspecified atom stereocenters. The van der Waals surface area contributed by atoms with Crippen LogP contribution in [-0.4, -0.2) is 53.1 Å². The maximum Gasteiger partial charge on any atom is 0.267 e. The van der Waals surface area contributed by atoms with E-state index in [1.807, 2.05) is 0 Å².